The fourth-order valence-corrected chi connectivity index (χ4v) is 3.77. The Bertz CT molecular complexity index is 340. The van der Waals surface area contributed by atoms with Gasteiger partial charge in [0.25, 0.3) is 0 Å². The van der Waals surface area contributed by atoms with Crippen molar-refractivity contribution < 1.29 is 9.90 Å². The zero-order valence-electron chi connectivity index (χ0n) is 12.6. The average molecular weight is 280 g/mol. The summed E-state index contributed by atoms with van der Waals surface area (Å²) in [4.78, 5) is 14.5. The molecule has 2 unspecified atom stereocenters. The quantitative estimate of drug-likeness (QED) is 0.773. The fourth-order valence-electron chi connectivity index (χ4n) is 3.77. The predicted molar refractivity (Wildman–Crippen MR) is 78.2 cm³/mol. The van der Waals surface area contributed by atoms with Crippen molar-refractivity contribution in [2.24, 2.45) is 17.8 Å². The van der Waals surface area contributed by atoms with Gasteiger partial charge in [0.1, 0.15) is 0 Å². The molecule has 3 rings (SSSR count). The van der Waals surface area contributed by atoms with Crippen LogP contribution in [0.2, 0.25) is 0 Å². The van der Waals surface area contributed by atoms with Crippen LogP contribution in [-0.4, -0.2) is 47.7 Å². The van der Waals surface area contributed by atoms with Crippen molar-refractivity contribution in [3.05, 3.63) is 0 Å². The van der Waals surface area contributed by atoms with E-state index >= 15 is 0 Å². The molecule has 1 saturated heterocycles. The third-order valence-electron chi connectivity index (χ3n) is 5.35. The van der Waals surface area contributed by atoms with Crippen LogP contribution < -0.4 is 5.32 Å². The molecule has 0 bridgehead atoms. The SMILES string of the molecule is CC1CCCN(CC(=O)NC(C2CC2)C2CC2)C1CO. The third kappa shape index (κ3) is 3.34. The summed E-state index contributed by atoms with van der Waals surface area (Å²) < 4.78 is 0. The lowest BCUT2D eigenvalue weighted by molar-refractivity contribution is -0.124. The zero-order chi connectivity index (χ0) is 14.1. The minimum Gasteiger partial charge on any atom is -0.395 e. The second kappa shape index (κ2) is 6.02. The number of hydrogen-bond acceptors (Lipinski definition) is 3. The van der Waals surface area contributed by atoms with Gasteiger partial charge in [0.2, 0.25) is 5.91 Å². The molecule has 0 aromatic heterocycles. The first-order chi connectivity index (χ1) is 9.69. The van der Waals surface area contributed by atoms with E-state index < -0.39 is 0 Å². The maximum absolute atomic E-state index is 12.3. The molecular weight excluding hydrogens is 252 g/mol. The lowest BCUT2D eigenvalue weighted by atomic mass is 9.91. The third-order valence-corrected chi connectivity index (χ3v) is 5.35. The molecular formula is C16H28N2O2. The molecule has 20 heavy (non-hydrogen) atoms. The minimum atomic E-state index is 0.162. The molecule has 0 aromatic rings. The summed E-state index contributed by atoms with van der Waals surface area (Å²) in [5.41, 5.74) is 0. The van der Waals surface area contributed by atoms with Crippen molar-refractivity contribution >= 4 is 5.91 Å². The molecule has 0 radical (unpaired) electrons. The number of carbonyl (C=O) groups excluding carboxylic acids is 1. The highest BCUT2D eigenvalue weighted by Crippen LogP contribution is 2.44. The Morgan fingerprint density at radius 1 is 1.25 bits per heavy atom. The highest BCUT2D eigenvalue weighted by Gasteiger charge is 2.42. The van der Waals surface area contributed by atoms with E-state index in [2.05, 4.69) is 17.1 Å². The van der Waals surface area contributed by atoms with Crippen molar-refractivity contribution in [1.82, 2.24) is 10.2 Å². The summed E-state index contributed by atoms with van der Waals surface area (Å²) in [5.74, 6) is 2.16. The predicted octanol–water partition coefficient (Wildman–Crippen LogP) is 1.38. The van der Waals surface area contributed by atoms with E-state index in [0.29, 0.717) is 18.5 Å². The minimum absolute atomic E-state index is 0.162. The maximum atomic E-state index is 12.3. The molecule has 0 aromatic carbocycles. The van der Waals surface area contributed by atoms with Crippen molar-refractivity contribution in [1.29, 1.82) is 0 Å². The molecule has 1 heterocycles. The number of piperidine rings is 1. The van der Waals surface area contributed by atoms with Crippen LogP contribution in [0.5, 0.6) is 0 Å². The summed E-state index contributed by atoms with van der Waals surface area (Å²) in [6.07, 6.45) is 7.47. The fraction of sp³-hybridized carbons (Fsp3) is 0.938. The standard InChI is InChI=1S/C16H28N2O2/c1-11-3-2-8-18(14(11)10-19)9-15(20)17-16(12-4-5-12)13-6-7-13/h11-14,16,19H,2-10H2,1H3,(H,17,20). The topological polar surface area (TPSA) is 52.6 Å². The van der Waals surface area contributed by atoms with E-state index in [9.17, 15) is 9.90 Å². The monoisotopic (exact) mass is 280 g/mol. The summed E-state index contributed by atoms with van der Waals surface area (Å²) in [7, 11) is 0. The molecule has 0 spiro atoms. The zero-order valence-corrected chi connectivity index (χ0v) is 12.6. The van der Waals surface area contributed by atoms with Gasteiger partial charge in [-0.05, 0) is 62.8 Å². The van der Waals surface area contributed by atoms with E-state index in [4.69, 9.17) is 0 Å². The van der Waals surface area contributed by atoms with E-state index in [-0.39, 0.29) is 18.6 Å². The van der Waals surface area contributed by atoms with Crippen LogP contribution in [0.3, 0.4) is 0 Å². The van der Waals surface area contributed by atoms with Crippen LogP contribution in [0.15, 0.2) is 0 Å². The van der Waals surface area contributed by atoms with E-state index in [1.807, 2.05) is 0 Å². The summed E-state index contributed by atoms with van der Waals surface area (Å²) >= 11 is 0. The number of nitrogens with one attached hydrogen (secondary N) is 1. The van der Waals surface area contributed by atoms with Gasteiger partial charge in [-0.2, -0.15) is 0 Å². The number of aliphatic hydroxyl groups excluding tert-OH is 1. The molecule has 1 aliphatic heterocycles. The Labute approximate surface area is 121 Å². The molecule has 4 heteroatoms. The van der Waals surface area contributed by atoms with Crippen molar-refractivity contribution in [2.75, 3.05) is 19.7 Å². The second-order valence-corrected chi connectivity index (χ2v) is 7.11. The number of carbonyl (C=O) groups is 1. The van der Waals surface area contributed by atoms with E-state index in [0.717, 1.165) is 31.2 Å². The van der Waals surface area contributed by atoms with Crippen LogP contribution in [-0.2, 0) is 4.79 Å². The molecule has 2 N–H and O–H groups in total. The molecule has 4 nitrogen and oxygen atoms in total. The van der Waals surface area contributed by atoms with Crippen molar-refractivity contribution in [2.45, 2.75) is 57.5 Å². The van der Waals surface area contributed by atoms with Gasteiger partial charge in [0.05, 0.1) is 13.2 Å². The van der Waals surface area contributed by atoms with Crippen LogP contribution in [0.4, 0.5) is 0 Å². The molecule has 2 saturated carbocycles. The number of nitrogens with zero attached hydrogens (tertiary/aromatic N) is 1. The lowest BCUT2D eigenvalue weighted by Crippen LogP contribution is -2.52. The van der Waals surface area contributed by atoms with Crippen LogP contribution in [0.25, 0.3) is 0 Å². The molecule has 2 atom stereocenters. The normalized spacial score (nSPS) is 31.6. The van der Waals surface area contributed by atoms with Gasteiger partial charge >= 0.3 is 0 Å². The Hall–Kier alpha value is -0.610. The average Bonchev–Trinajstić information content (AvgIpc) is 3.28. The van der Waals surface area contributed by atoms with Crippen LogP contribution in [0, 0.1) is 17.8 Å². The van der Waals surface area contributed by atoms with Gasteiger partial charge in [-0.15, -0.1) is 0 Å². The van der Waals surface area contributed by atoms with Crippen LogP contribution in [0.1, 0.15) is 45.4 Å². The summed E-state index contributed by atoms with van der Waals surface area (Å²) in [5, 5.41) is 12.8. The van der Waals surface area contributed by atoms with Gasteiger partial charge in [-0.1, -0.05) is 6.92 Å². The molecule has 3 fully saturated rings. The number of amides is 1. The number of rotatable bonds is 6. The molecule has 1 amide bonds. The molecule has 3 aliphatic rings. The van der Waals surface area contributed by atoms with Crippen molar-refractivity contribution in [3.8, 4) is 0 Å². The van der Waals surface area contributed by atoms with E-state index in [1.165, 1.54) is 25.7 Å². The number of likely N-dealkylation sites (tertiary alicyclic amines) is 1. The first-order valence-corrected chi connectivity index (χ1v) is 8.33. The van der Waals surface area contributed by atoms with Gasteiger partial charge in [0.15, 0.2) is 0 Å². The van der Waals surface area contributed by atoms with Crippen LogP contribution >= 0.6 is 0 Å². The van der Waals surface area contributed by atoms with E-state index in [1.54, 1.807) is 0 Å². The van der Waals surface area contributed by atoms with Gasteiger partial charge in [-0.3, -0.25) is 9.69 Å². The second-order valence-electron chi connectivity index (χ2n) is 7.11. The lowest BCUT2D eigenvalue weighted by Gasteiger charge is -2.38. The highest BCUT2D eigenvalue weighted by atomic mass is 16.3. The molecule has 2 aliphatic carbocycles. The van der Waals surface area contributed by atoms with Gasteiger partial charge < -0.3 is 10.4 Å². The largest absolute Gasteiger partial charge is 0.395 e. The number of aliphatic hydroxyl groups is 1. The first kappa shape index (κ1) is 14.3. The Morgan fingerprint density at radius 3 is 2.45 bits per heavy atom. The number of hydrogen-bond donors (Lipinski definition) is 2. The van der Waals surface area contributed by atoms with Gasteiger partial charge in [-0.25, -0.2) is 0 Å². The Kier molecular flexibility index (Phi) is 4.32. The Morgan fingerprint density at radius 2 is 1.90 bits per heavy atom. The van der Waals surface area contributed by atoms with Crippen molar-refractivity contribution in [3.63, 3.8) is 0 Å². The first-order valence-electron chi connectivity index (χ1n) is 8.33. The maximum Gasteiger partial charge on any atom is 0.234 e. The smallest absolute Gasteiger partial charge is 0.234 e. The summed E-state index contributed by atoms with van der Waals surface area (Å²) in [6.45, 7) is 3.76. The molecule has 114 valence electrons. The summed E-state index contributed by atoms with van der Waals surface area (Å²) in [6, 6.07) is 0.604. The van der Waals surface area contributed by atoms with Gasteiger partial charge in [0, 0.05) is 12.1 Å². The Balaban J connectivity index is 1.51. The highest BCUT2D eigenvalue weighted by molar-refractivity contribution is 5.78.